The number of nitrogens with one attached hydrogen (secondary N) is 3. The van der Waals surface area contributed by atoms with E-state index in [0.717, 1.165) is 31.7 Å². The third-order valence-electron chi connectivity index (χ3n) is 4.29. The molecule has 9 nitrogen and oxygen atoms in total. The average molecular weight is 457 g/mol. The van der Waals surface area contributed by atoms with Gasteiger partial charge in [-0.1, -0.05) is 31.3 Å². The Morgan fingerprint density at radius 2 is 1.90 bits per heavy atom. The van der Waals surface area contributed by atoms with Gasteiger partial charge in [0.15, 0.2) is 0 Å². The number of nitrogens with zero attached hydrogens (tertiary/aromatic N) is 2. The molecule has 1 fully saturated rings. The van der Waals surface area contributed by atoms with Gasteiger partial charge in [-0.15, -0.1) is 0 Å². The molecule has 0 unspecified atom stereocenters. The minimum Gasteiger partial charge on any atom is -0.350 e. The highest BCUT2D eigenvalue weighted by Gasteiger charge is 2.21. The van der Waals surface area contributed by atoms with Crippen LogP contribution in [-0.2, 0) is 16.4 Å². The summed E-state index contributed by atoms with van der Waals surface area (Å²) >= 11 is 0. The minimum atomic E-state index is -5.00. The Bertz CT molecular complexity index is 1450. The van der Waals surface area contributed by atoms with Gasteiger partial charge in [0.1, 0.15) is 5.69 Å². The monoisotopic (exact) mass is 456 g/mol. The normalized spacial score (nSPS) is 21.1. The zero-order valence-corrected chi connectivity index (χ0v) is 17.0. The Morgan fingerprint density at radius 3 is 2.55 bits per heavy atom. The number of hydrogen-bond acceptors (Lipinski definition) is 6. The highest BCUT2D eigenvalue weighted by molar-refractivity contribution is 7.90. The predicted octanol–water partition coefficient (Wildman–Crippen LogP) is 2.08. The van der Waals surface area contributed by atoms with Gasteiger partial charge in [0.25, 0.3) is 15.9 Å². The summed E-state index contributed by atoms with van der Waals surface area (Å²) in [5, 5.41) is 4.15. The van der Waals surface area contributed by atoms with Crippen molar-refractivity contribution in [2.75, 3.05) is 6.50 Å². The number of aromatic nitrogens is 2. The Hall–Kier alpha value is -3.01. The number of benzene rings is 1. The predicted molar refractivity (Wildman–Crippen MR) is 115 cm³/mol. The first-order chi connectivity index (χ1) is 19.2. The number of urea groups is 1. The van der Waals surface area contributed by atoms with Crippen molar-refractivity contribution >= 4 is 22.0 Å². The SMILES string of the molecule is [2H]c1c([2H])c(S(=O)(=O)NC(=O)NC2CCCCC2)c([2H])c([2H])c1C([2H])([2H])C([2H])([2H])NC(=O)c1cnc(C([2H])([2H])[2H])cn1. The Morgan fingerprint density at radius 1 is 1.16 bits per heavy atom. The summed E-state index contributed by atoms with van der Waals surface area (Å²) in [7, 11) is -5.00. The molecule has 0 aliphatic heterocycles. The van der Waals surface area contributed by atoms with Crippen molar-refractivity contribution < 1.29 is 33.1 Å². The van der Waals surface area contributed by atoms with Crippen LogP contribution in [0.4, 0.5) is 4.79 Å². The summed E-state index contributed by atoms with van der Waals surface area (Å²) in [6.45, 7) is -6.09. The Labute approximate surface area is 197 Å². The van der Waals surface area contributed by atoms with E-state index in [9.17, 15) is 18.0 Å². The van der Waals surface area contributed by atoms with Gasteiger partial charge in [0.05, 0.1) is 22.3 Å². The van der Waals surface area contributed by atoms with Crippen LogP contribution in [0, 0.1) is 6.85 Å². The second kappa shape index (κ2) is 10.3. The van der Waals surface area contributed by atoms with E-state index < -0.39 is 87.7 Å². The molecule has 166 valence electrons. The molecule has 3 rings (SSSR count). The van der Waals surface area contributed by atoms with E-state index in [1.54, 1.807) is 10.0 Å². The van der Waals surface area contributed by atoms with E-state index in [1.165, 1.54) is 0 Å². The third-order valence-corrected chi connectivity index (χ3v) is 5.48. The van der Waals surface area contributed by atoms with Crippen molar-refractivity contribution in [3.05, 3.63) is 53.5 Å². The average Bonchev–Trinajstić information content (AvgIpc) is 2.87. The maximum Gasteiger partial charge on any atom is 0.328 e. The van der Waals surface area contributed by atoms with E-state index >= 15 is 0 Å². The molecule has 1 aromatic carbocycles. The third kappa shape index (κ3) is 6.74. The van der Waals surface area contributed by atoms with Gasteiger partial charge in [0, 0.05) is 28.3 Å². The van der Waals surface area contributed by atoms with E-state index in [2.05, 4.69) is 15.3 Å². The lowest BCUT2D eigenvalue weighted by Crippen LogP contribution is -2.45. The van der Waals surface area contributed by atoms with E-state index in [0.29, 0.717) is 12.8 Å². The molecule has 3 amide bonds. The first-order valence-electron chi connectivity index (χ1n) is 14.8. The largest absolute Gasteiger partial charge is 0.350 e. The fraction of sp³-hybridized carbons (Fsp3) is 0.429. The van der Waals surface area contributed by atoms with Crippen LogP contribution < -0.4 is 15.4 Å². The molecule has 0 radical (unpaired) electrons. The summed E-state index contributed by atoms with van der Waals surface area (Å²) in [4.78, 5) is 30.8. The van der Waals surface area contributed by atoms with Crippen LogP contribution in [0.5, 0.6) is 0 Å². The highest BCUT2D eigenvalue weighted by Crippen LogP contribution is 2.17. The van der Waals surface area contributed by atoms with E-state index in [4.69, 9.17) is 15.1 Å². The molecular weight excluding hydrogens is 418 g/mol. The van der Waals surface area contributed by atoms with Gasteiger partial charge < -0.3 is 10.6 Å². The van der Waals surface area contributed by atoms with Gasteiger partial charge in [-0.25, -0.2) is 22.9 Å². The van der Waals surface area contributed by atoms with Crippen LogP contribution >= 0.6 is 0 Å². The van der Waals surface area contributed by atoms with Crippen molar-refractivity contribution in [3.8, 4) is 0 Å². The molecule has 31 heavy (non-hydrogen) atoms. The number of rotatable bonds is 7. The molecule has 0 atom stereocenters. The Kier molecular flexibility index (Phi) is 4.05. The van der Waals surface area contributed by atoms with Crippen LogP contribution in [0.25, 0.3) is 0 Å². The Balaban J connectivity index is 1.92. The van der Waals surface area contributed by atoms with Gasteiger partial charge in [0.2, 0.25) is 0 Å². The molecule has 3 N–H and O–H groups in total. The second-order valence-electron chi connectivity index (χ2n) is 6.61. The smallest absolute Gasteiger partial charge is 0.328 e. The molecule has 2 aromatic rings. The molecule has 1 heterocycles. The van der Waals surface area contributed by atoms with Gasteiger partial charge >= 0.3 is 6.03 Å². The number of hydrogen-bond donors (Lipinski definition) is 3. The van der Waals surface area contributed by atoms with Gasteiger partial charge in [-0.3, -0.25) is 9.78 Å². The maximum absolute atomic E-state index is 12.9. The first-order valence-corrected chi connectivity index (χ1v) is 10.8. The lowest BCUT2D eigenvalue weighted by molar-refractivity contribution is 0.0948. The minimum absolute atomic E-state index is 0.295. The van der Waals surface area contributed by atoms with E-state index in [-0.39, 0.29) is 6.04 Å². The number of carbonyl (C=O) groups excluding carboxylic acids is 2. The van der Waals surface area contributed by atoms with Crippen LogP contribution in [0.1, 0.15) is 68.9 Å². The summed E-state index contributed by atoms with van der Waals surface area (Å²) in [6, 6.07) is -6.53. The zero-order chi connectivity index (χ0) is 31.8. The number of sulfonamides is 1. The fourth-order valence-electron chi connectivity index (χ4n) is 2.79. The van der Waals surface area contributed by atoms with Crippen LogP contribution in [-0.4, -0.2) is 42.9 Å². The quantitative estimate of drug-likeness (QED) is 0.585. The van der Waals surface area contributed by atoms with Crippen LogP contribution in [0.3, 0.4) is 0 Å². The molecule has 1 aromatic heterocycles. The molecular formula is C21H27N5O4S. The maximum atomic E-state index is 12.9. The standard InChI is InChI=1S/C21H27N5O4S/c1-15-13-24-19(14-23-15)20(27)22-12-11-16-7-9-18(10-8-16)31(29,30)26-21(28)25-17-5-3-2-4-6-17/h7-10,13-14,17H,2-6,11-12H2,1H3,(H,22,27)(H2,25,26,28)/i1D3,7D,8D,9D,10D,11D2,12D2. The number of carbonyl (C=O) groups is 2. The van der Waals surface area contributed by atoms with Crippen LogP contribution in [0.2, 0.25) is 0 Å². The molecule has 0 spiro atoms. The van der Waals surface area contributed by atoms with Gasteiger partial charge in [-0.2, -0.15) is 0 Å². The van der Waals surface area contributed by atoms with Crippen molar-refractivity contribution in [1.82, 2.24) is 25.3 Å². The topological polar surface area (TPSA) is 130 Å². The van der Waals surface area contributed by atoms with Crippen molar-refractivity contribution in [2.24, 2.45) is 0 Å². The number of aryl methyl sites for hydroxylation is 1. The van der Waals surface area contributed by atoms with Crippen molar-refractivity contribution in [2.45, 2.75) is 56.3 Å². The lowest BCUT2D eigenvalue weighted by atomic mass is 9.96. The summed E-state index contributed by atoms with van der Waals surface area (Å²) < 4.78 is 115. The fourth-order valence-corrected chi connectivity index (χ4v) is 3.57. The first kappa shape index (κ1) is 12.1. The van der Waals surface area contributed by atoms with Crippen LogP contribution in [0.15, 0.2) is 41.5 Å². The molecule has 1 aliphatic carbocycles. The molecule has 1 saturated carbocycles. The second-order valence-corrected chi connectivity index (χ2v) is 8.23. The molecule has 10 heteroatoms. The summed E-state index contributed by atoms with van der Waals surface area (Å²) in [6.07, 6.45) is 1.84. The van der Waals surface area contributed by atoms with Gasteiger partial charge in [-0.05, 0) is 43.7 Å². The molecule has 1 aliphatic rings. The molecule has 0 saturated heterocycles. The zero-order valence-electron chi connectivity index (χ0n) is 27.2. The summed E-state index contributed by atoms with van der Waals surface area (Å²) in [5.41, 5.74) is -2.27. The van der Waals surface area contributed by atoms with E-state index in [1.807, 2.05) is 0 Å². The number of amides is 3. The molecule has 0 bridgehead atoms. The lowest BCUT2D eigenvalue weighted by Gasteiger charge is -2.22. The highest BCUT2D eigenvalue weighted by atomic mass is 32.2. The summed E-state index contributed by atoms with van der Waals surface area (Å²) in [5.74, 6) is -1.35. The van der Waals surface area contributed by atoms with Crippen molar-refractivity contribution in [3.63, 3.8) is 0 Å². The van der Waals surface area contributed by atoms with Crippen molar-refractivity contribution in [1.29, 1.82) is 0 Å².